The average molecular weight is 466 g/mol. The monoisotopic (exact) mass is 465 g/mol. The summed E-state index contributed by atoms with van der Waals surface area (Å²) in [6.07, 6.45) is 2.58. The van der Waals surface area contributed by atoms with E-state index in [1.165, 1.54) is 0 Å². The van der Waals surface area contributed by atoms with Crippen LogP contribution in [0.25, 0.3) is 6.08 Å². The lowest BCUT2D eigenvalue weighted by molar-refractivity contribution is -0.123. The smallest absolute Gasteiger partial charge is 0.293 e. The molecule has 2 aromatic carbocycles. The van der Waals surface area contributed by atoms with Gasteiger partial charge in [0.2, 0.25) is 0 Å². The molecule has 0 radical (unpaired) electrons. The fourth-order valence-electron chi connectivity index (χ4n) is 2.80. The van der Waals surface area contributed by atoms with Gasteiger partial charge in [0.25, 0.3) is 11.1 Å². The molecule has 1 atom stereocenters. The van der Waals surface area contributed by atoms with E-state index >= 15 is 0 Å². The minimum absolute atomic E-state index is 0.0194. The molecule has 0 aliphatic carbocycles. The Kier molecular flexibility index (Phi) is 7.34. The van der Waals surface area contributed by atoms with Crippen LogP contribution in [0.2, 0.25) is 10.0 Å². The van der Waals surface area contributed by atoms with Gasteiger partial charge in [-0.05, 0) is 61.0 Å². The summed E-state index contributed by atoms with van der Waals surface area (Å²) in [4.78, 5) is 26.7. The predicted octanol–water partition coefficient (Wildman–Crippen LogP) is 6.42. The molecule has 30 heavy (non-hydrogen) atoms. The number of ether oxygens (including phenoxy) is 2. The number of thioether (sulfide) groups is 1. The third-order valence-corrected chi connectivity index (χ3v) is 6.26. The number of benzene rings is 2. The molecule has 1 aliphatic rings. The Morgan fingerprint density at radius 2 is 1.83 bits per heavy atom. The van der Waals surface area contributed by atoms with Crippen LogP contribution in [0.5, 0.6) is 11.5 Å². The summed E-state index contributed by atoms with van der Waals surface area (Å²) >= 11 is 13.2. The van der Waals surface area contributed by atoms with Crippen LogP contribution in [0.15, 0.2) is 41.3 Å². The highest BCUT2D eigenvalue weighted by Gasteiger charge is 2.35. The van der Waals surface area contributed by atoms with Crippen molar-refractivity contribution in [2.75, 3.05) is 7.11 Å². The molecule has 1 heterocycles. The van der Waals surface area contributed by atoms with E-state index in [1.807, 2.05) is 19.9 Å². The van der Waals surface area contributed by atoms with Gasteiger partial charge in [0, 0.05) is 15.6 Å². The molecule has 2 aromatic rings. The summed E-state index contributed by atoms with van der Waals surface area (Å²) in [6, 6.07) is 10.4. The number of rotatable bonds is 7. The zero-order valence-electron chi connectivity index (χ0n) is 16.8. The number of nitrogens with zero attached hydrogens (tertiary/aromatic N) is 1. The van der Waals surface area contributed by atoms with E-state index in [2.05, 4.69) is 0 Å². The Morgan fingerprint density at radius 3 is 2.47 bits per heavy atom. The van der Waals surface area contributed by atoms with Gasteiger partial charge in [0.15, 0.2) is 11.5 Å². The number of imide groups is 1. The summed E-state index contributed by atoms with van der Waals surface area (Å²) in [5.74, 6) is 0.802. The zero-order valence-corrected chi connectivity index (χ0v) is 19.1. The van der Waals surface area contributed by atoms with Crippen molar-refractivity contribution in [2.24, 2.45) is 0 Å². The van der Waals surface area contributed by atoms with Crippen molar-refractivity contribution in [1.82, 2.24) is 4.90 Å². The van der Waals surface area contributed by atoms with Crippen LogP contribution in [-0.2, 0) is 11.3 Å². The topological polar surface area (TPSA) is 55.8 Å². The summed E-state index contributed by atoms with van der Waals surface area (Å²) in [5, 5.41) is 0.449. The van der Waals surface area contributed by atoms with Crippen LogP contribution in [0.3, 0.4) is 0 Å². The van der Waals surface area contributed by atoms with E-state index in [0.717, 1.165) is 28.6 Å². The van der Waals surface area contributed by atoms with E-state index in [1.54, 1.807) is 43.5 Å². The molecule has 1 unspecified atom stereocenters. The molecule has 5 nitrogen and oxygen atoms in total. The number of amides is 2. The van der Waals surface area contributed by atoms with Crippen LogP contribution in [0, 0.1) is 0 Å². The van der Waals surface area contributed by atoms with Gasteiger partial charge < -0.3 is 9.47 Å². The van der Waals surface area contributed by atoms with E-state index in [0.29, 0.717) is 32.0 Å². The summed E-state index contributed by atoms with van der Waals surface area (Å²) < 4.78 is 11.3. The van der Waals surface area contributed by atoms with Crippen LogP contribution in [0.4, 0.5) is 4.79 Å². The third-order valence-electron chi connectivity index (χ3n) is 4.64. The largest absolute Gasteiger partial charge is 0.493 e. The third kappa shape index (κ3) is 4.94. The van der Waals surface area contributed by atoms with Crippen LogP contribution in [-0.4, -0.2) is 29.3 Å². The van der Waals surface area contributed by atoms with Crippen LogP contribution >= 0.6 is 35.0 Å². The standard InChI is InChI=1S/C22H21Cl2NO4S/c1-4-13(2)29-18-9-8-14(10-19(18)28-3)11-20-21(26)25(22(27)30-20)12-15-16(23)6-5-7-17(15)24/h5-11,13H,4,12H2,1-3H3. The average Bonchev–Trinajstić information content (AvgIpc) is 2.98. The highest BCUT2D eigenvalue weighted by molar-refractivity contribution is 8.18. The van der Waals surface area contributed by atoms with Crippen molar-refractivity contribution < 1.29 is 19.1 Å². The second-order valence-corrected chi connectivity index (χ2v) is 8.52. The molecule has 0 spiro atoms. The Hall–Kier alpha value is -2.15. The molecule has 158 valence electrons. The maximum Gasteiger partial charge on any atom is 0.293 e. The SMILES string of the molecule is CCC(C)Oc1ccc(C=C2SC(=O)N(Cc3c(Cl)cccc3Cl)C2=O)cc1OC. The molecule has 0 N–H and O–H groups in total. The summed E-state index contributed by atoms with van der Waals surface area (Å²) in [6.45, 7) is 4.04. The van der Waals surface area contributed by atoms with Gasteiger partial charge in [-0.3, -0.25) is 14.5 Å². The second kappa shape index (κ2) is 9.77. The first kappa shape index (κ1) is 22.5. The molecule has 3 rings (SSSR count). The van der Waals surface area contributed by atoms with E-state index in [9.17, 15) is 9.59 Å². The highest BCUT2D eigenvalue weighted by Crippen LogP contribution is 2.37. The Labute approximate surface area is 189 Å². The van der Waals surface area contributed by atoms with Gasteiger partial charge in [-0.1, -0.05) is 42.3 Å². The van der Waals surface area contributed by atoms with Gasteiger partial charge in [-0.25, -0.2) is 0 Å². The van der Waals surface area contributed by atoms with E-state index in [-0.39, 0.29) is 23.8 Å². The first-order valence-electron chi connectivity index (χ1n) is 9.37. The second-order valence-electron chi connectivity index (χ2n) is 6.72. The molecule has 8 heteroatoms. The fourth-order valence-corrected chi connectivity index (χ4v) is 4.16. The maximum absolute atomic E-state index is 12.8. The van der Waals surface area contributed by atoms with Crippen LogP contribution in [0.1, 0.15) is 31.4 Å². The molecule has 1 saturated heterocycles. The lowest BCUT2D eigenvalue weighted by atomic mass is 10.1. The van der Waals surface area contributed by atoms with Crippen molar-refractivity contribution >= 4 is 52.2 Å². The molecule has 0 bridgehead atoms. The van der Waals surface area contributed by atoms with Crippen LogP contribution < -0.4 is 9.47 Å². The van der Waals surface area contributed by atoms with Gasteiger partial charge >= 0.3 is 0 Å². The normalized spacial score (nSPS) is 16.3. The number of hydrogen-bond acceptors (Lipinski definition) is 5. The van der Waals surface area contributed by atoms with Gasteiger partial charge in [-0.15, -0.1) is 0 Å². The Balaban J connectivity index is 1.83. The van der Waals surface area contributed by atoms with Gasteiger partial charge in [0.05, 0.1) is 24.7 Å². The van der Waals surface area contributed by atoms with E-state index < -0.39 is 0 Å². The lowest BCUT2D eigenvalue weighted by Crippen LogP contribution is -2.27. The molecule has 0 aromatic heterocycles. The van der Waals surface area contributed by atoms with Crippen molar-refractivity contribution in [3.63, 3.8) is 0 Å². The van der Waals surface area contributed by atoms with Gasteiger partial charge in [-0.2, -0.15) is 0 Å². The number of carbonyl (C=O) groups excluding carboxylic acids is 2. The van der Waals surface area contributed by atoms with Crippen molar-refractivity contribution in [3.05, 3.63) is 62.5 Å². The minimum atomic E-state index is -0.389. The molecular formula is C22H21Cl2NO4S. The molecule has 1 aliphatic heterocycles. The number of hydrogen-bond donors (Lipinski definition) is 0. The van der Waals surface area contributed by atoms with Crippen molar-refractivity contribution in [1.29, 1.82) is 0 Å². The minimum Gasteiger partial charge on any atom is -0.493 e. The first-order chi connectivity index (χ1) is 14.3. The zero-order chi connectivity index (χ0) is 21.8. The molecule has 1 fully saturated rings. The van der Waals surface area contributed by atoms with Crippen molar-refractivity contribution in [3.8, 4) is 11.5 Å². The number of carbonyl (C=O) groups is 2. The fraction of sp³-hybridized carbons (Fsp3) is 0.273. The number of halogens is 2. The lowest BCUT2D eigenvalue weighted by Gasteiger charge is -2.16. The van der Waals surface area contributed by atoms with Crippen molar-refractivity contribution in [2.45, 2.75) is 32.9 Å². The number of methoxy groups -OCH3 is 1. The van der Waals surface area contributed by atoms with E-state index in [4.69, 9.17) is 32.7 Å². The highest BCUT2D eigenvalue weighted by atomic mass is 35.5. The molecular weight excluding hydrogens is 445 g/mol. The summed E-state index contributed by atoms with van der Waals surface area (Å²) in [7, 11) is 1.56. The molecule has 2 amide bonds. The first-order valence-corrected chi connectivity index (χ1v) is 10.9. The van der Waals surface area contributed by atoms with Gasteiger partial charge in [0.1, 0.15) is 0 Å². The Morgan fingerprint density at radius 1 is 1.13 bits per heavy atom. The molecule has 0 saturated carbocycles. The Bertz CT molecular complexity index is 988. The summed E-state index contributed by atoms with van der Waals surface area (Å²) in [5.41, 5.74) is 1.27. The maximum atomic E-state index is 12.8. The quantitative estimate of drug-likeness (QED) is 0.441. The predicted molar refractivity (Wildman–Crippen MR) is 121 cm³/mol.